The molecular weight excluding hydrogens is 329 g/mol. The topological polar surface area (TPSA) is 52.3 Å². The van der Waals surface area contributed by atoms with E-state index < -0.39 is 11.8 Å². The van der Waals surface area contributed by atoms with Gasteiger partial charge in [0.15, 0.2) is 0 Å². The van der Waals surface area contributed by atoms with Crippen LogP contribution in [0.5, 0.6) is 0 Å². The Bertz CT molecular complexity index is 923. The highest BCUT2D eigenvalue weighted by atomic mass is 35.5. The number of benzene rings is 3. The summed E-state index contributed by atoms with van der Waals surface area (Å²) in [7, 11) is 0. The number of nitrogen functional groups attached to an aromatic ring is 1. The van der Waals surface area contributed by atoms with Crippen LogP contribution in [0.1, 0.15) is 17.3 Å². The third-order valence-corrected chi connectivity index (χ3v) is 4.03. The zero-order valence-corrected chi connectivity index (χ0v) is 13.7. The molecule has 0 saturated heterocycles. The lowest BCUT2D eigenvalue weighted by atomic mass is 9.93. The van der Waals surface area contributed by atoms with Crippen LogP contribution >= 0.6 is 11.6 Å². The quantitative estimate of drug-likeness (QED) is 0.534. The summed E-state index contributed by atoms with van der Waals surface area (Å²) < 4.78 is 18.7. The van der Waals surface area contributed by atoms with Crippen LogP contribution in [0.15, 0.2) is 48.5 Å². The second-order valence-corrected chi connectivity index (χ2v) is 5.74. The molecule has 0 aliphatic carbocycles. The second kappa shape index (κ2) is 6.49. The first-order valence-corrected chi connectivity index (χ1v) is 7.84. The summed E-state index contributed by atoms with van der Waals surface area (Å²) in [5.41, 5.74) is 8.04. The van der Waals surface area contributed by atoms with Gasteiger partial charge in [0.05, 0.1) is 17.9 Å². The van der Waals surface area contributed by atoms with E-state index in [4.69, 9.17) is 22.1 Å². The molecule has 0 aliphatic heterocycles. The molecule has 0 aliphatic rings. The van der Waals surface area contributed by atoms with Crippen LogP contribution in [-0.4, -0.2) is 12.6 Å². The number of rotatable bonds is 3. The average molecular weight is 344 g/mol. The van der Waals surface area contributed by atoms with E-state index in [1.165, 1.54) is 12.1 Å². The van der Waals surface area contributed by atoms with Crippen LogP contribution in [0.2, 0.25) is 5.02 Å². The molecule has 0 aromatic heterocycles. The van der Waals surface area contributed by atoms with E-state index in [1.807, 2.05) is 0 Å². The van der Waals surface area contributed by atoms with Crippen LogP contribution in [0, 0.1) is 5.82 Å². The molecule has 3 rings (SSSR count). The fourth-order valence-electron chi connectivity index (χ4n) is 2.68. The molecule has 0 fully saturated rings. The van der Waals surface area contributed by atoms with Crippen molar-refractivity contribution in [2.24, 2.45) is 0 Å². The number of nitrogens with two attached hydrogens (primary N) is 1. The van der Waals surface area contributed by atoms with Gasteiger partial charge in [-0.1, -0.05) is 29.8 Å². The monoisotopic (exact) mass is 343 g/mol. The number of ether oxygens (including phenoxy) is 1. The van der Waals surface area contributed by atoms with Gasteiger partial charge in [-0.3, -0.25) is 0 Å². The zero-order chi connectivity index (χ0) is 17.3. The van der Waals surface area contributed by atoms with Gasteiger partial charge in [-0.2, -0.15) is 0 Å². The van der Waals surface area contributed by atoms with E-state index in [9.17, 15) is 9.18 Å². The van der Waals surface area contributed by atoms with Crippen molar-refractivity contribution in [3.63, 3.8) is 0 Å². The van der Waals surface area contributed by atoms with E-state index in [0.717, 1.165) is 10.9 Å². The Morgan fingerprint density at radius 2 is 1.88 bits per heavy atom. The molecule has 0 amide bonds. The predicted molar refractivity (Wildman–Crippen MR) is 94.7 cm³/mol. The molecule has 5 heteroatoms. The fourth-order valence-corrected chi connectivity index (χ4v) is 2.80. The van der Waals surface area contributed by atoms with E-state index in [-0.39, 0.29) is 17.9 Å². The first kappa shape index (κ1) is 16.3. The Hall–Kier alpha value is -2.59. The smallest absolute Gasteiger partial charge is 0.340 e. The Morgan fingerprint density at radius 3 is 2.54 bits per heavy atom. The fraction of sp³-hybridized carbons (Fsp3) is 0.105. The van der Waals surface area contributed by atoms with Crippen molar-refractivity contribution in [2.75, 3.05) is 12.3 Å². The molecule has 122 valence electrons. The summed E-state index contributed by atoms with van der Waals surface area (Å²) in [4.78, 5) is 12.4. The number of fused-ring (bicyclic) bond motifs is 1. The Labute approximate surface area is 143 Å². The number of hydrogen-bond acceptors (Lipinski definition) is 3. The summed E-state index contributed by atoms with van der Waals surface area (Å²) in [5.74, 6) is -0.950. The van der Waals surface area contributed by atoms with Gasteiger partial charge in [0.1, 0.15) is 5.82 Å². The lowest BCUT2D eigenvalue weighted by Gasteiger charge is -2.15. The van der Waals surface area contributed by atoms with Gasteiger partial charge in [0.2, 0.25) is 0 Å². The molecule has 0 unspecified atom stereocenters. The van der Waals surface area contributed by atoms with Gasteiger partial charge in [-0.25, -0.2) is 9.18 Å². The number of carbonyl (C=O) groups is 1. The maximum atomic E-state index is 13.6. The zero-order valence-electron chi connectivity index (χ0n) is 13.0. The Balaban J connectivity index is 2.33. The minimum Gasteiger partial charge on any atom is -0.462 e. The van der Waals surface area contributed by atoms with Crippen molar-refractivity contribution < 1.29 is 13.9 Å². The molecule has 0 saturated carbocycles. The van der Waals surface area contributed by atoms with E-state index in [2.05, 4.69) is 0 Å². The van der Waals surface area contributed by atoms with Gasteiger partial charge in [0.25, 0.3) is 0 Å². The van der Waals surface area contributed by atoms with Crippen molar-refractivity contribution in [1.82, 2.24) is 0 Å². The number of anilines is 1. The molecule has 24 heavy (non-hydrogen) atoms. The average Bonchev–Trinajstić information content (AvgIpc) is 2.56. The summed E-state index contributed by atoms with van der Waals surface area (Å²) in [6.45, 7) is 1.94. The van der Waals surface area contributed by atoms with Crippen molar-refractivity contribution in [3.8, 4) is 11.1 Å². The van der Waals surface area contributed by atoms with Crippen LogP contribution in [0.4, 0.5) is 10.1 Å². The molecular formula is C19H15ClFNO2. The van der Waals surface area contributed by atoms with Gasteiger partial charge < -0.3 is 10.5 Å². The highest BCUT2D eigenvalue weighted by Crippen LogP contribution is 2.36. The first-order chi connectivity index (χ1) is 11.5. The Morgan fingerprint density at radius 1 is 1.17 bits per heavy atom. The van der Waals surface area contributed by atoms with Crippen molar-refractivity contribution >= 4 is 34.0 Å². The maximum absolute atomic E-state index is 13.6. The molecule has 0 atom stereocenters. The normalized spacial score (nSPS) is 10.8. The number of esters is 1. The van der Waals surface area contributed by atoms with Gasteiger partial charge >= 0.3 is 5.97 Å². The number of carbonyl (C=O) groups excluding carboxylic acids is 1. The van der Waals surface area contributed by atoms with Crippen LogP contribution in [-0.2, 0) is 4.74 Å². The van der Waals surface area contributed by atoms with Crippen molar-refractivity contribution in [3.05, 3.63) is 64.9 Å². The maximum Gasteiger partial charge on any atom is 0.340 e. The molecule has 0 bridgehead atoms. The molecule has 0 spiro atoms. The number of halogens is 2. The highest BCUT2D eigenvalue weighted by Gasteiger charge is 2.20. The molecule has 0 radical (unpaired) electrons. The van der Waals surface area contributed by atoms with Gasteiger partial charge in [-0.05, 0) is 53.8 Å². The summed E-state index contributed by atoms with van der Waals surface area (Å²) in [5, 5.41) is 1.81. The minimum atomic E-state index is -0.536. The molecule has 2 N–H and O–H groups in total. The van der Waals surface area contributed by atoms with E-state index >= 15 is 0 Å². The lowest BCUT2D eigenvalue weighted by Crippen LogP contribution is -2.10. The van der Waals surface area contributed by atoms with Gasteiger partial charge in [-0.15, -0.1) is 0 Å². The molecule has 3 aromatic carbocycles. The van der Waals surface area contributed by atoms with Crippen LogP contribution < -0.4 is 5.73 Å². The number of hydrogen-bond donors (Lipinski definition) is 1. The standard InChI is InChI=1S/C19H15ClFNO2/c1-2-24-19(23)17-15(11-3-6-13(20)7-4-11)9-12-5-8-14(21)10-16(12)18(17)22/h3-10H,2,22H2,1H3. The van der Waals surface area contributed by atoms with Crippen molar-refractivity contribution in [1.29, 1.82) is 0 Å². The molecule has 3 nitrogen and oxygen atoms in total. The largest absolute Gasteiger partial charge is 0.462 e. The minimum absolute atomic E-state index is 0.204. The van der Waals surface area contributed by atoms with Gasteiger partial charge in [0, 0.05) is 10.4 Å². The molecule has 0 heterocycles. The third kappa shape index (κ3) is 2.93. The summed E-state index contributed by atoms with van der Waals surface area (Å²) in [6, 6.07) is 13.2. The summed E-state index contributed by atoms with van der Waals surface area (Å²) in [6.07, 6.45) is 0. The first-order valence-electron chi connectivity index (χ1n) is 7.46. The SMILES string of the molecule is CCOC(=O)c1c(-c2ccc(Cl)cc2)cc2ccc(F)cc2c1N. The van der Waals surface area contributed by atoms with Crippen LogP contribution in [0.3, 0.4) is 0 Å². The highest BCUT2D eigenvalue weighted by molar-refractivity contribution is 6.30. The summed E-state index contributed by atoms with van der Waals surface area (Å²) >= 11 is 5.94. The van der Waals surface area contributed by atoms with Crippen LogP contribution in [0.25, 0.3) is 21.9 Å². The molecule has 3 aromatic rings. The van der Waals surface area contributed by atoms with E-state index in [1.54, 1.807) is 43.3 Å². The van der Waals surface area contributed by atoms with Crippen molar-refractivity contribution in [2.45, 2.75) is 6.92 Å². The predicted octanol–water partition coefficient (Wildman–Crippen LogP) is 5.06. The third-order valence-electron chi connectivity index (χ3n) is 3.78. The second-order valence-electron chi connectivity index (χ2n) is 5.31. The lowest BCUT2D eigenvalue weighted by molar-refractivity contribution is 0.0528. The van der Waals surface area contributed by atoms with E-state index in [0.29, 0.717) is 16.0 Å². The Kier molecular flexibility index (Phi) is 4.40.